The average Bonchev–Trinajstić information content (AvgIpc) is 3.57. The number of nitrogens with zero attached hydrogens (tertiary/aromatic N) is 2. The van der Waals surface area contributed by atoms with E-state index < -0.39 is 0 Å². The first-order valence-corrected chi connectivity index (χ1v) is 19.9. The van der Waals surface area contributed by atoms with Crippen LogP contribution in [0.3, 0.4) is 0 Å². The second-order valence-electron chi connectivity index (χ2n) is 14.5. The fraction of sp³-hybridized carbons (Fsp3) is 0.0189. The monoisotopic (exact) mass is 730 g/mol. The molecule has 0 radical (unpaired) electrons. The van der Waals surface area contributed by atoms with E-state index in [-0.39, 0.29) is 5.41 Å². The predicted molar refractivity (Wildman–Crippen MR) is 231 cm³/mol. The van der Waals surface area contributed by atoms with Gasteiger partial charge in [0.05, 0.1) is 16.8 Å². The number of hydrogen-bond acceptors (Lipinski definition) is 3. The van der Waals surface area contributed by atoms with Crippen LogP contribution in [0.15, 0.2) is 216 Å². The number of aromatic nitrogens is 2. The fourth-order valence-corrected chi connectivity index (χ4v) is 10.1. The summed E-state index contributed by atoms with van der Waals surface area (Å²) in [6, 6.07) is 74.3. The second-order valence-corrected chi connectivity index (χ2v) is 15.6. The molecule has 0 N–H and O–H groups in total. The summed E-state index contributed by atoms with van der Waals surface area (Å²) in [5.74, 6) is 0.703. The van der Waals surface area contributed by atoms with Gasteiger partial charge in [0, 0.05) is 26.5 Å². The second kappa shape index (κ2) is 13.2. The maximum absolute atomic E-state index is 5.23. The van der Waals surface area contributed by atoms with Gasteiger partial charge in [-0.3, -0.25) is 0 Å². The van der Waals surface area contributed by atoms with Crippen molar-refractivity contribution in [2.75, 3.05) is 0 Å². The van der Waals surface area contributed by atoms with E-state index >= 15 is 0 Å². The summed E-state index contributed by atoms with van der Waals surface area (Å²) in [5.41, 5.74) is 17.2. The quantitative estimate of drug-likeness (QED) is 0.176. The van der Waals surface area contributed by atoms with Crippen LogP contribution in [-0.2, 0) is 5.41 Å². The lowest BCUT2D eigenvalue weighted by molar-refractivity contribution is 0.722. The Hall–Kier alpha value is -6.81. The molecule has 56 heavy (non-hydrogen) atoms. The number of benzene rings is 8. The molecule has 0 amide bonds. The van der Waals surface area contributed by atoms with Gasteiger partial charge < -0.3 is 0 Å². The van der Waals surface area contributed by atoms with Crippen molar-refractivity contribution in [1.29, 1.82) is 0 Å². The van der Waals surface area contributed by atoms with Crippen LogP contribution in [0.5, 0.6) is 0 Å². The van der Waals surface area contributed by atoms with E-state index in [1.54, 1.807) is 0 Å². The molecule has 11 rings (SSSR count). The Morgan fingerprint density at radius 2 is 0.804 bits per heavy atom. The van der Waals surface area contributed by atoms with Gasteiger partial charge in [-0.25, -0.2) is 9.97 Å². The molecule has 0 atom stereocenters. The van der Waals surface area contributed by atoms with E-state index in [1.165, 1.54) is 48.7 Å². The largest absolute Gasteiger partial charge is 0.228 e. The molecule has 9 aromatic rings. The molecule has 1 aromatic heterocycles. The van der Waals surface area contributed by atoms with Crippen LogP contribution in [0, 0.1) is 0 Å². The van der Waals surface area contributed by atoms with Crippen molar-refractivity contribution in [3.8, 4) is 67.3 Å². The molecule has 1 spiro atoms. The molecule has 2 heterocycles. The summed E-state index contributed by atoms with van der Waals surface area (Å²) >= 11 is 1.88. The van der Waals surface area contributed by atoms with Gasteiger partial charge in [-0.15, -0.1) is 0 Å². The number of rotatable bonds is 5. The van der Waals surface area contributed by atoms with Crippen LogP contribution in [0.4, 0.5) is 0 Å². The van der Waals surface area contributed by atoms with Crippen molar-refractivity contribution in [3.63, 3.8) is 0 Å². The normalized spacial score (nSPS) is 13.1. The van der Waals surface area contributed by atoms with Crippen LogP contribution in [0.2, 0.25) is 0 Å². The Morgan fingerprint density at radius 3 is 1.50 bits per heavy atom. The topological polar surface area (TPSA) is 25.8 Å². The molecular weight excluding hydrogens is 697 g/mol. The molecular formula is C53H34N2S. The van der Waals surface area contributed by atoms with Gasteiger partial charge >= 0.3 is 0 Å². The molecule has 0 unspecified atom stereocenters. The van der Waals surface area contributed by atoms with Gasteiger partial charge in [0.25, 0.3) is 0 Å². The van der Waals surface area contributed by atoms with Crippen molar-refractivity contribution < 1.29 is 0 Å². The standard InChI is InChI=1S/C53H34N2S/c1-3-15-36(16-4-1)40-19-7-8-22-43(40)49-34-48(37-17-5-2-6-18-37)54-52(55-49)38-29-27-35(28-30-38)39-31-32-47-51(33-39)56-50-26-14-13-25-46(50)53(47)44-23-11-9-20-41(44)42-21-10-12-24-45(42)53/h1-34H. The highest BCUT2D eigenvalue weighted by molar-refractivity contribution is 7.99. The zero-order valence-electron chi connectivity index (χ0n) is 30.4. The Bertz CT molecular complexity index is 2890. The third-order valence-electron chi connectivity index (χ3n) is 11.4. The van der Waals surface area contributed by atoms with E-state index in [4.69, 9.17) is 9.97 Å². The molecule has 1 aliphatic carbocycles. The first-order valence-electron chi connectivity index (χ1n) is 19.1. The summed E-state index contributed by atoms with van der Waals surface area (Å²) in [7, 11) is 0. The summed E-state index contributed by atoms with van der Waals surface area (Å²) < 4.78 is 0. The van der Waals surface area contributed by atoms with Crippen molar-refractivity contribution >= 4 is 11.8 Å². The van der Waals surface area contributed by atoms with E-state index in [0.29, 0.717) is 5.82 Å². The van der Waals surface area contributed by atoms with E-state index in [0.717, 1.165) is 44.8 Å². The van der Waals surface area contributed by atoms with Crippen LogP contribution in [0.1, 0.15) is 22.3 Å². The molecule has 0 saturated carbocycles. The number of hydrogen-bond donors (Lipinski definition) is 0. The lowest BCUT2D eigenvalue weighted by atomic mass is 9.67. The van der Waals surface area contributed by atoms with Gasteiger partial charge in [-0.2, -0.15) is 0 Å². The van der Waals surface area contributed by atoms with Crippen molar-refractivity contribution in [2.24, 2.45) is 0 Å². The van der Waals surface area contributed by atoms with Crippen LogP contribution < -0.4 is 0 Å². The van der Waals surface area contributed by atoms with Crippen LogP contribution in [0.25, 0.3) is 67.3 Å². The molecule has 2 nitrogen and oxygen atoms in total. The third kappa shape index (κ3) is 5.12. The lowest BCUT2D eigenvalue weighted by Crippen LogP contribution is -2.31. The first-order chi connectivity index (χ1) is 27.8. The Labute approximate surface area is 331 Å². The van der Waals surface area contributed by atoms with Gasteiger partial charge in [-0.05, 0) is 73.8 Å². The van der Waals surface area contributed by atoms with Crippen molar-refractivity contribution in [1.82, 2.24) is 9.97 Å². The average molecular weight is 731 g/mol. The molecule has 2 aliphatic rings. The van der Waals surface area contributed by atoms with Gasteiger partial charge in [0.15, 0.2) is 5.82 Å². The predicted octanol–water partition coefficient (Wildman–Crippen LogP) is 13.6. The molecule has 3 heteroatoms. The van der Waals surface area contributed by atoms with E-state index in [9.17, 15) is 0 Å². The molecule has 1 aliphatic heterocycles. The Balaban J connectivity index is 1.01. The zero-order valence-corrected chi connectivity index (χ0v) is 31.2. The molecule has 0 fully saturated rings. The maximum Gasteiger partial charge on any atom is 0.160 e. The summed E-state index contributed by atoms with van der Waals surface area (Å²) in [5, 5.41) is 0. The molecule has 262 valence electrons. The minimum atomic E-state index is -0.370. The highest BCUT2D eigenvalue weighted by atomic mass is 32.2. The minimum Gasteiger partial charge on any atom is -0.228 e. The molecule has 8 aromatic carbocycles. The molecule has 0 bridgehead atoms. The lowest BCUT2D eigenvalue weighted by Gasteiger charge is -2.39. The summed E-state index contributed by atoms with van der Waals surface area (Å²) in [6.07, 6.45) is 0. The third-order valence-corrected chi connectivity index (χ3v) is 12.5. The SMILES string of the molecule is c1ccc(-c2cc(-c3ccccc3-c3ccccc3)nc(-c3ccc(-c4ccc5c(c4)Sc4ccccc4C54c5ccccc5-c5ccccc54)cc3)n2)cc1. The van der Waals surface area contributed by atoms with Gasteiger partial charge in [0.1, 0.15) is 0 Å². The van der Waals surface area contributed by atoms with Crippen molar-refractivity contribution in [2.45, 2.75) is 15.2 Å². The fourth-order valence-electron chi connectivity index (χ4n) is 8.90. The van der Waals surface area contributed by atoms with E-state index in [2.05, 4.69) is 200 Å². The summed E-state index contributed by atoms with van der Waals surface area (Å²) in [6.45, 7) is 0. The smallest absolute Gasteiger partial charge is 0.160 e. The zero-order chi connectivity index (χ0) is 37.1. The number of fused-ring (bicyclic) bond motifs is 9. The van der Waals surface area contributed by atoms with Crippen LogP contribution in [-0.4, -0.2) is 9.97 Å². The Morgan fingerprint density at radius 1 is 0.304 bits per heavy atom. The summed E-state index contributed by atoms with van der Waals surface area (Å²) in [4.78, 5) is 13.0. The first kappa shape index (κ1) is 32.6. The Kier molecular flexibility index (Phi) is 7.68. The van der Waals surface area contributed by atoms with E-state index in [1.807, 2.05) is 17.8 Å². The van der Waals surface area contributed by atoms with Crippen LogP contribution >= 0.6 is 11.8 Å². The minimum absolute atomic E-state index is 0.370. The highest BCUT2D eigenvalue weighted by Gasteiger charge is 2.50. The maximum atomic E-state index is 5.23. The van der Waals surface area contributed by atoms with Gasteiger partial charge in [0.2, 0.25) is 0 Å². The van der Waals surface area contributed by atoms with Crippen molar-refractivity contribution in [3.05, 3.63) is 229 Å². The highest BCUT2D eigenvalue weighted by Crippen LogP contribution is 2.62. The van der Waals surface area contributed by atoms with Gasteiger partial charge in [-0.1, -0.05) is 200 Å². The molecule has 0 saturated heterocycles.